The van der Waals surface area contributed by atoms with Crippen molar-refractivity contribution in [2.24, 2.45) is 14.1 Å². The van der Waals surface area contributed by atoms with Gasteiger partial charge in [0.1, 0.15) is 0 Å². The SMILES string of the molecule is CC[C@H](NC(=O)c1ccc2c(c1)nc(N1CCOCC1)n2C)c1cnn(C)c1. The van der Waals surface area contributed by atoms with Crippen molar-refractivity contribution < 1.29 is 9.53 Å². The second kappa shape index (κ2) is 7.63. The Morgan fingerprint density at radius 1 is 1.29 bits per heavy atom. The van der Waals surface area contributed by atoms with E-state index in [1.165, 1.54) is 0 Å². The molecule has 3 heterocycles. The van der Waals surface area contributed by atoms with E-state index in [4.69, 9.17) is 9.72 Å². The lowest BCUT2D eigenvalue weighted by Crippen LogP contribution is -2.37. The summed E-state index contributed by atoms with van der Waals surface area (Å²) in [6.07, 6.45) is 4.53. The van der Waals surface area contributed by atoms with Crippen molar-refractivity contribution in [1.29, 1.82) is 0 Å². The molecule has 1 N–H and O–H groups in total. The summed E-state index contributed by atoms with van der Waals surface area (Å²) in [4.78, 5) is 19.8. The number of carbonyl (C=O) groups is 1. The predicted molar refractivity (Wildman–Crippen MR) is 107 cm³/mol. The quantitative estimate of drug-likeness (QED) is 0.731. The number of ether oxygens (including phenoxy) is 1. The molecule has 8 nitrogen and oxygen atoms in total. The molecule has 1 amide bonds. The van der Waals surface area contributed by atoms with Gasteiger partial charge in [0.15, 0.2) is 0 Å². The number of carbonyl (C=O) groups excluding carboxylic acids is 1. The van der Waals surface area contributed by atoms with Crippen LogP contribution in [-0.4, -0.2) is 51.5 Å². The Morgan fingerprint density at radius 3 is 2.75 bits per heavy atom. The van der Waals surface area contributed by atoms with Crippen LogP contribution in [0.3, 0.4) is 0 Å². The molecule has 1 saturated heterocycles. The predicted octanol–water partition coefficient (Wildman–Crippen LogP) is 2.02. The third-order valence-electron chi connectivity index (χ3n) is 5.25. The van der Waals surface area contributed by atoms with Crippen molar-refractivity contribution in [2.45, 2.75) is 19.4 Å². The van der Waals surface area contributed by atoms with Crippen LogP contribution in [-0.2, 0) is 18.8 Å². The number of benzene rings is 1. The number of amides is 1. The number of rotatable bonds is 5. The van der Waals surface area contributed by atoms with Crippen LogP contribution in [0.2, 0.25) is 0 Å². The van der Waals surface area contributed by atoms with Crippen LogP contribution in [0.1, 0.15) is 35.3 Å². The zero-order valence-electron chi connectivity index (χ0n) is 16.6. The molecule has 28 heavy (non-hydrogen) atoms. The number of nitrogens with one attached hydrogen (secondary N) is 1. The molecule has 0 saturated carbocycles. The minimum atomic E-state index is -0.101. The molecule has 1 aliphatic rings. The lowest BCUT2D eigenvalue weighted by molar-refractivity contribution is 0.0935. The fourth-order valence-corrected chi connectivity index (χ4v) is 3.66. The molecule has 1 atom stereocenters. The number of anilines is 1. The molecule has 2 aromatic heterocycles. The van der Waals surface area contributed by atoms with Gasteiger partial charge < -0.3 is 19.5 Å². The molecule has 0 aliphatic carbocycles. The van der Waals surface area contributed by atoms with Crippen molar-refractivity contribution >= 4 is 22.9 Å². The fourth-order valence-electron chi connectivity index (χ4n) is 3.66. The number of morpholine rings is 1. The Kier molecular flexibility index (Phi) is 5.04. The average molecular weight is 382 g/mol. The second-order valence-corrected chi connectivity index (χ2v) is 7.16. The molecule has 8 heteroatoms. The van der Waals surface area contributed by atoms with Crippen molar-refractivity contribution in [3.63, 3.8) is 0 Å². The van der Waals surface area contributed by atoms with Crippen LogP contribution >= 0.6 is 0 Å². The first-order chi connectivity index (χ1) is 13.6. The van der Waals surface area contributed by atoms with E-state index in [1.807, 2.05) is 38.5 Å². The summed E-state index contributed by atoms with van der Waals surface area (Å²) in [7, 11) is 3.88. The molecule has 4 rings (SSSR count). The maximum Gasteiger partial charge on any atom is 0.251 e. The Hall–Kier alpha value is -2.87. The van der Waals surface area contributed by atoms with Gasteiger partial charge in [-0.05, 0) is 24.6 Å². The maximum atomic E-state index is 12.8. The summed E-state index contributed by atoms with van der Waals surface area (Å²) in [5, 5.41) is 7.31. The number of nitrogens with zero attached hydrogens (tertiary/aromatic N) is 5. The Bertz CT molecular complexity index is 986. The maximum absolute atomic E-state index is 12.8. The van der Waals surface area contributed by atoms with E-state index < -0.39 is 0 Å². The van der Waals surface area contributed by atoms with Gasteiger partial charge in [-0.3, -0.25) is 9.48 Å². The second-order valence-electron chi connectivity index (χ2n) is 7.16. The van der Waals surface area contributed by atoms with Crippen LogP contribution in [0.15, 0.2) is 30.6 Å². The van der Waals surface area contributed by atoms with Crippen LogP contribution in [0.5, 0.6) is 0 Å². The van der Waals surface area contributed by atoms with E-state index in [1.54, 1.807) is 10.9 Å². The monoisotopic (exact) mass is 382 g/mol. The van der Waals surface area contributed by atoms with Crippen molar-refractivity contribution in [1.82, 2.24) is 24.6 Å². The molecular formula is C20H26N6O2. The number of imidazole rings is 1. The van der Waals surface area contributed by atoms with Crippen molar-refractivity contribution in [3.8, 4) is 0 Å². The first-order valence-corrected chi connectivity index (χ1v) is 9.65. The van der Waals surface area contributed by atoms with Gasteiger partial charge in [-0.1, -0.05) is 6.92 Å². The van der Waals surface area contributed by atoms with Crippen molar-refractivity contribution in [2.75, 3.05) is 31.2 Å². The number of aryl methyl sites for hydroxylation is 2. The molecule has 148 valence electrons. The number of hydrogen-bond acceptors (Lipinski definition) is 5. The standard InChI is InChI=1S/C20H26N6O2/c1-4-16(15-12-21-24(2)13-15)22-19(27)14-5-6-18-17(11-14)23-20(25(18)3)26-7-9-28-10-8-26/h5-6,11-13,16H,4,7-10H2,1-3H3,(H,22,27)/t16-/m0/s1. The molecule has 1 aliphatic heterocycles. The van der Waals surface area contributed by atoms with Crippen LogP contribution in [0.4, 0.5) is 5.95 Å². The highest BCUT2D eigenvalue weighted by Crippen LogP contribution is 2.24. The third kappa shape index (κ3) is 3.47. The van der Waals surface area contributed by atoms with Gasteiger partial charge in [-0.25, -0.2) is 4.98 Å². The lowest BCUT2D eigenvalue weighted by Gasteiger charge is -2.27. The van der Waals surface area contributed by atoms with Crippen molar-refractivity contribution in [3.05, 3.63) is 41.7 Å². The van der Waals surface area contributed by atoms with E-state index in [9.17, 15) is 4.79 Å². The molecule has 0 unspecified atom stereocenters. The zero-order chi connectivity index (χ0) is 19.7. The van der Waals surface area contributed by atoms with Gasteiger partial charge in [0.25, 0.3) is 5.91 Å². The highest BCUT2D eigenvalue weighted by atomic mass is 16.5. The van der Waals surface area contributed by atoms with E-state index in [0.717, 1.165) is 42.1 Å². The number of fused-ring (bicyclic) bond motifs is 1. The van der Waals surface area contributed by atoms with Crippen LogP contribution in [0.25, 0.3) is 11.0 Å². The molecule has 3 aromatic rings. The van der Waals surface area contributed by atoms with Gasteiger partial charge in [0.05, 0.1) is 36.5 Å². The third-order valence-corrected chi connectivity index (χ3v) is 5.25. The highest BCUT2D eigenvalue weighted by molar-refractivity contribution is 5.98. The van der Waals surface area contributed by atoms with E-state index in [2.05, 4.69) is 26.8 Å². The summed E-state index contributed by atoms with van der Waals surface area (Å²) in [6.45, 7) is 5.13. The Balaban J connectivity index is 1.57. The summed E-state index contributed by atoms with van der Waals surface area (Å²) in [5.74, 6) is 0.814. The van der Waals surface area contributed by atoms with Gasteiger partial charge in [0.2, 0.25) is 5.95 Å². The molecule has 1 aromatic carbocycles. The topological polar surface area (TPSA) is 77.2 Å². The summed E-state index contributed by atoms with van der Waals surface area (Å²) >= 11 is 0. The first-order valence-electron chi connectivity index (χ1n) is 9.65. The zero-order valence-corrected chi connectivity index (χ0v) is 16.6. The largest absolute Gasteiger partial charge is 0.378 e. The van der Waals surface area contributed by atoms with E-state index in [-0.39, 0.29) is 11.9 Å². The molecule has 0 bridgehead atoms. The molecule has 0 spiro atoms. The first kappa shape index (κ1) is 18.5. The van der Waals surface area contributed by atoms with Gasteiger partial charge in [-0.15, -0.1) is 0 Å². The summed E-state index contributed by atoms with van der Waals surface area (Å²) in [6, 6.07) is 5.62. The minimum absolute atomic E-state index is 0.0652. The molecular weight excluding hydrogens is 356 g/mol. The summed E-state index contributed by atoms with van der Waals surface area (Å²) in [5.41, 5.74) is 3.46. The Morgan fingerprint density at radius 2 is 2.07 bits per heavy atom. The average Bonchev–Trinajstić information content (AvgIpc) is 3.29. The Labute approximate surface area is 164 Å². The van der Waals surface area contributed by atoms with Gasteiger partial charge >= 0.3 is 0 Å². The summed E-state index contributed by atoms with van der Waals surface area (Å²) < 4.78 is 9.26. The lowest BCUT2D eigenvalue weighted by atomic mass is 10.1. The van der Waals surface area contributed by atoms with E-state index >= 15 is 0 Å². The number of aromatic nitrogens is 4. The fraction of sp³-hybridized carbons (Fsp3) is 0.450. The minimum Gasteiger partial charge on any atom is -0.378 e. The molecule has 0 radical (unpaired) electrons. The molecule has 1 fully saturated rings. The van der Waals surface area contributed by atoms with Gasteiger partial charge in [0, 0.05) is 44.5 Å². The smallest absolute Gasteiger partial charge is 0.251 e. The van der Waals surface area contributed by atoms with Crippen LogP contribution < -0.4 is 10.2 Å². The highest BCUT2D eigenvalue weighted by Gasteiger charge is 2.20. The van der Waals surface area contributed by atoms with Crippen LogP contribution in [0, 0.1) is 0 Å². The number of hydrogen-bond donors (Lipinski definition) is 1. The normalized spacial score (nSPS) is 15.8. The van der Waals surface area contributed by atoms with Gasteiger partial charge in [-0.2, -0.15) is 5.10 Å². The van der Waals surface area contributed by atoms with E-state index in [0.29, 0.717) is 18.8 Å².